The Morgan fingerprint density at radius 1 is 1.27 bits per heavy atom. The molecule has 1 aromatic carbocycles. The van der Waals surface area contributed by atoms with Crippen molar-refractivity contribution in [2.24, 2.45) is 0 Å². The summed E-state index contributed by atoms with van der Waals surface area (Å²) < 4.78 is 0. The lowest BCUT2D eigenvalue weighted by molar-refractivity contribution is 0.0913. The molecule has 0 saturated heterocycles. The van der Waals surface area contributed by atoms with E-state index in [0.29, 0.717) is 27.6 Å². The maximum atomic E-state index is 13.0. The molecule has 0 bridgehead atoms. The van der Waals surface area contributed by atoms with Gasteiger partial charge in [0.15, 0.2) is 11.5 Å². The van der Waals surface area contributed by atoms with Crippen LogP contribution in [0, 0.1) is 0 Å². The Morgan fingerprint density at radius 3 is 2.93 bits per heavy atom. The number of rotatable bonds is 5. The zero-order valence-corrected chi connectivity index (χ0v) is 17.1. The van der Waals surface area contributed by atoms with Gasteiger partial charge in [0.2, 0.25) is 0 Å². The molecule has 152 valence electrons. The number of aromatic nitrogens is 5. The number of hydrogen-bond donors (Lipinski definition) is 3. The van der Waals surface area contributed by atoms with E-state index in [9.17, 15) is 4.79 Å². The highest BCUT2D eigenvalue weighted by Gasteiger charge is 2.24. The lowest BCUT2D eigenvalue weighted by Gasteiger charge is -2.26. The van der Waals surface area contributed by atoms with Gasteiger partial charge in [-0.1, -0.05) is 23.7 Å². The second-order valence-electron chi connectivity index (χ2n) is 7.52. The summed E-state index contributed by atoms with van der Waals surface area (Å²) >= 11 is 6.44. The number of aromatic amines is 1. The van der Waals surface area contributed by atoms with E-state index >= 15 is 0 Å². The number of anilines is 1. The van der Waals surface area contributed by atoms with Gasteiger partial charge in [-0.3, -0.25) is 4.79 Å². The SMILES string of the molecule is CC(Nc1ncnc2nc[nH]c12)c1cc2cccc(Cl)c2c(C(=O)NC2CCC2)n1. The lowest BCUT2D eigenvalue weighted by atomic mass is 9.93. The van der Waals surface area contributed by atoms with Gasteiger partial charge in [-0.25, -0.2) is 19.9 Å². The highest BCUT2D eigenvalue weighted by Crippen LogP contribution is 2.30. The van der Waals surface area contributed by atoms with E-state index in [-0.39, 0.29) is 18.0 Å². The van der Waals surface area contributed by atoms with Crippen LogP contribution in [0.4, 0.5) is 5.82 Å². The zero-order chi connectivity index (χ0) is 20.7. The average Bonchev–Trinajstić information content (AvgIpc) is 3.20. The van der Waals surface area contributed by atoms with Crippen molar-refractivity contribution in [1.82, 2.24) is 30.2 Å². The Bertz CT molecular complexity index is 1250. The van der Waals surface area contributed by atoms with E-state index in [1.54, 1.807) is 12.4 Å². The molecule has 3 N–H and O–H groups in total. The van der Waals surface area contributed by atoms with E-state index in [0.717, 1.165) is 35.9 Å². The first kappa shape index (κ1) is 18.7. The van der Waals surface area contributed by atoms with Crippen LogP contribution in [0.5, 0.6) is 0 Å². The largest absolute Gasteiger partial charge is 0.360 e. The summed E-state index contributed by atoms with van der Waals surface area (Å²) in [4.78, 5) is 33.4. The molecular weight excluding hydrogens is 402 g/mol. The van der Waals surface area contributed by atoms with Crippen LogP contribution in [0.1, 0.15) is 48.4 Å². The minimum absolute atomic E-state index is 0.190. The quantitative estimate of drug-likeness (QED) is 0.449. The summed E-state index contributed by atoms with van der Waals surface area (Å²) in [5.41, 5.74) is 2.37. The molecule has 3 heterocycles. The topological polar surface area (TPSA) is 108 Å². The third-order valence-corrected chi connectivity index (χ3v) is 5.82. The highest BCUT2D eigenvalue weighted by atomic mass is 35.5. The molecule has 1 aliphatic carbocycles. The van der Waals surface area contributed by atoms with Crippen LogP contribution in [0.15, 0.2) is 36.9 Å². The number of halogens is 1. The fraction of sp³-hybridized carbons (Fsp3) is 0.286. The fourth-order valence-electron chi connectivity index (χ4n) is 3.63. The maximum Gasteiger partial charge on any atom is 0.270 e. The molecule has 1 amide bonds. The number of benzene rings is 1. The first-order valence-corrected chi connectivity index (χ1v) is 10.3. The predicted octanol–water partition coefficient (Wildman–Crippen LogP) is 4.01. The van der Waals surface area contributed by atoms with Crippen molar-refractivity contribution in [3.63, 3.8) is 0 Å². The number of amides is 1. The third kappa shape index (κ3) is 3.33. The zero-order valence-electron chi connectivity index (χ0n) is 16.3. The minimum atomic E-state index is -0.218. The summed E-state index contributed by atoms with van der Waals surface area (Å²) in [7, 11) is 0. The second-order valence-corrected chi connectivity index (χ2v) is 7.93. The number of hydrogen-bond acceptors (Lipinski definition) is 6. The monoisotopic (exact) mass is 421 g/mol. The van der Waals surface area contributed by atoms with Gasteiger partial charge in [-0.05, 0) is 43.7 Å². The molecule has 0 radical (unpaired) electrons. The summed E-state index contributed by atoms with van der Waals surface area (Å²) in [5.74, 6) is 0.434. The van der Waals surface area contributed by atoms with E-state index < -0.39 is 0 Å². The lowest BCUT2D eigenvalue weighted by Crippen LogP contribution is -2.40. The predicted molar refractivity (Wildman–Crippen MR) is 116 cm³/mol. The van der Waals surface area contributed by atoms with Gasteiger partial charge in [-0.15, -0.1) is 0 Å². The molecule has 1 aliphatic rings. The number of carbonyl (C=O) groups excluding carboxylic acids is 1. The van der Waals surface area contributed by atoms with E-state index in [2.05, 4.69) is 30.6 Å². The van der Waals surface area contributed by atoms with Crippen LogP contribution >= 0.6 is 11.6 Å². The maximum absolute atomic E-state index is 13.0. The van der Waals surface area contributed by atoms with E-state index in [4.69, 9.17) is 16.6 Å². The number of H-pyrrole nitrogens is 1. The molecule has 1 fully saturated rings. The van der Waals surface area contributed by atoms with Crippen LogP contribution in [0.2, 0.25) is 5.02 Å². The molecule has 1 saturated carbocycles. The highest BCUT2D eigenvalue weighted by molar-refractivity contribution is 6.36. The normalized spacial score (nSPS) is 15.1. The number of pyridine rings is 1. The van der Waals surface area contributed by atoms with Crippen LogP contribution in [0.25, 0.3) is 21.9 Å². The van der Waals surface area contributed by atoms with Gasteiger partial charge in [-0.2, -0.15) is 0 Å². The van der Waals surface area contributed by atoms with Crippen molar-refractivity contribution in [2.45, 2.75) is 38.3 Å². The summed E-state index contributed by atoms with van der Waals surface area (Å²) in [6, 6.07) is 7.54. The van der Waals surface area contributed by atoms with Crippen molar-refractivity contribution in [1.29, 1.82) is 0 Å². The first-order valence-electron chi connectivity index (χ1n) is 9.91. The Hall–Kier alpha value is -3.26. The third-order valence-electron chi connectivity index (χ3n) is 5.50. The molecule has 0 aliphatic heterocycles. The van der Waals surface area contributed by atoms with Gasteiger partial charge < -0.3 is 15.6 Å². The van der Waals surface area contributed by atoms with Crippen LogP contribution < -0.4 is 10.6 Å². The molecule has 5 rings (SSSR count). The number of fused-ring (bicyclic) bond motifs is 2. The first-order chi connectivity index (χ1) is 14.6. The van der Waals surface area contributed by atoms with Crippen LogP contribution in [-0.2, 0) is 0 Å². The summed E-state index contributed by atoms with van der Waals surface area (Å²) in [5, 5.41) is 8.48. The molecule has 3 aromatic heterocycles. The van der Waals surface area contributed by atoms with E-state index in [1.807, 2.05) is 25.1 Å². The summed E-state index contributed by atoms with van der Waals surface area (Å²) in [6.45, 7) is 1.97. The van der Waals surface area contributed by atoms with Gasteiger partial charge in [0.1, 0.15) is 17.5 Å². The second kappa shape index (κ2) is 7.53. The Balaban J connectivity index is 1.53. The van der Waals surface area contributed by atoms with Crippen LogP contribution in [-0.4, -0.2) is 36.9 Å². The van der Waals surface area contributed by atoms with Gasteiger partial charge in [0.05, 0.1) is 23.1 Å². The Labute approximate surface area is 177 Å². The molecule has 4 aromatic rings. The molecule has 30 heavy (non-hydrogen) atoms. The molecule has 1 unspecified atom stereocenters. The van der Waals surface area contributed by atoms with Crippen molar-refractivity contribution >= 4 is 45.3 Å². The van der Waals surface area contributed by atoms with E-state index in [1.165, 1.54) is 6.33 Å². The summed E-state index contributed by atoms with van der Waals surface area (Å²) in [6.07, 6.45) is 6.19. The number of imidazole rings is 1. The van der Waals surface area contributed by atoms with Crippen molar-refractivity contribution in [3.8, 4) is 0 Å². The molecule has 1 atom stereocenters. The van der Waals surface area contributed by atoms with Crippen molar-refractivity contribution in [3.05, 3.63) is 53.3 Å². The molecular formula is C21H20ClN7O. The minimum Gasteiger partial charge on any atom is -0.360 e. The standard InChI is InChI=1S/C21H20ClN7O/c1-11(27-20-18-19(24-9-23-18)25-10-26-20)15-8-12-4-2-7-14(22)16(12)17(29-15)21(30)28-13-5-3-6-13/h2,4,7-11,13H,3,5-6H2,1H3,(H,28,30)(H2,23,24,25,26,27). The van der Waals surface area contributed by atoms with Gasteiger partial charge >= 0.3 is 0 Å². The molecule has 0 spiro atoms. The Morgan fingerprint density at radius 2 is 2.13 bits per heavy atom. The Kier molecular flexibility index (Phi) is 4.71. The average molecular weight is 422 g/mol. The van der Waals surface area contributed by atoms with Gasteiger partial charge in [0.25, 0.3) is 5.91 Å². The fourth-order valence-corrected chi connectivity index (χ4v) is 3.90. The number of nitrogens with one attached hydrogen (secondary N) is 3. The molecule has 9 heteroatoms. The van der Waals surface area contributed by atoms with Crippen molar-refractivity contribution in [2.75, 3.05) is 5.32 Å². The van der Waals surface area contributed by atoms with Crippen molar-refractivity contribution < 1.29 is 4.79 Å². The number of carbonyl (C=O) groups is 1. The smallest absolute Gasteiger partial charge is 0.270 e. The molecule has 8 nitrogen and oxygen atoms in total. The van der Waals surface area contributed by atoms with Gasteiger partial charge in [0, 0.05) is 11.4 Å². The van der Waals surface area contributed by atoms with Crippen LogP contribution in [0.3, 0.4) is 0 Å². The number of nitrogens with zero attached hydrogens (tertiary/aromatic N) is 4.